The van der Waals surface area contributed by atoms with E-state index in [1.165, 1.54) is 5.06 Å². The van der Waals surface area contributed by atoms with Crippen LogP contribution in [-0.4, -0.2) is 57.7 Å². The summed E-state index contributed by atoms with van der Waals surface area (Å²) in [5, 5.41) is 1.52. The molecule has 3 atom stereocenters. The third kappa shape index (κ3) is 3.52. The Morgan fingerprint density at radius 2 is 1.75 bits per heavy atom. The zero-order valence-corrected chi connectivity index (χ0v) is 16.0. The van der Waals surface area contributed by atoms with E-state index in [0.29, 0.717) is 25.6 Å². The number of nitrogens with zero attached hydrogens (tertiary/aromatic N) is 5. The molecule has 148 valence electrons. The predicted molar refractivity (Wildman–Crippen MR) is 102 cm³/mol. The van der Waals surface area contributed by atoms with Crippen LogP contribution in [0.1, 0.15) is 31.9 Å². The Morgan fingerprint density at radius 1 is 1.11 bits per heavy atom. The molecule has 2 aromatic rings. The lowest BCUT2D eigenvalue weighted by molar-refractivity contribution is -0.104. The van der Waals surface area contributed by atoms with Gasteiger partial charge in [-0.05, 0) is 19.4 Å². The van der Waals surface area contributed by atoms with Gasteiger partial charge in [0.25, 0.3) is 0 Å². The highest BCUT2D eigenvalue weighted by Crippen LogP contribution is 2.32. The average Bonchev–Trinajstić information content (AvgIpc) is 3.18. The molecule has 0 unspecified atom stereocenters. The number of piperazine rings is 1. The molecule has 4 rings (SSSR count). The van der Waals surface area contributed by atoms with Crippen molar-refractivity contribution >= 4 is 12.0 Å². The lowest BCUT2D eigenvalue weighted by Crippen LogP contribution is -2.61. The molecule has 1 aromatic heterocycles. The van der Waals surface area contributed by atoms with Crippen LogP contribution in [-0.2, 0) is 4.84 Å². The first-order chi connectivity index (χ1) is 13.5. The van der Waals surface area contributed by atoms with Crippen molar-refractivity contribution < 1.29 is 14.0 Å². The zero-order valence-electron chi connectivity index (χ0n) is 16.0. The molecule has 0 aliphatic carbocycles. The lowest BCUT2D eigenvalue weighted by atomic mass is 10.0. The SMILES string of the molecule is C[C@@H]1CN(c2ncc(F)cn2)C[C@H](C)N1C(=O)N1OCC[C@H]1c1ccccc1. The van der Waals surface area contributed by atoms with Gasteiger partial charge in [0.15, 0.2) is 5.82 Å². The van der Waals surface area contributed by atoms with E-state index in [-0.39, 0.29) is 24.2 Å². The summed E-state index contributed by atoms with van der Waals surface area (Å²) in [7, 11) is 0. The standard InChI is InChI=1S/C20H24FN5O2/c1-14-12-24(19-22-10-17(21)11-23-19)13-15(2)25(14)20(27)26-18(8-9-28-26)16-6-4-3-5-7-16/h3-7,10-11,14-15,18H,8-9,12-13H2,1-2H3/t14-,15+,18-/m0/s1. The van der Waals surface area contributed by atoms with E-state index in [9.17, 15) is 9.18 Å². The van der Waals surface area contributed by atoms with E-state index in [1.807, 2.05) is 54.0 Å². The maximum absolute atomic E-state index is 13.3. The first-order valence-electron chi connectivity index (χ1n) is 9.56. The molecule has 3 heterocycles. The Bertz CT molecular complexity index is 807. The second-order valence-electron chi connectivity index (χ2n) is 7.37. The maximum Gasteiger partial charge on any atom is 0.345 e. The highest BCUT2D eigenvalue weighted by molar-refractivity contribution is 5.75. The summed E-state index contributed by atoms with van der Waals surface area (Å²) in [4.78, 5) is 31.0. The fraction of sp³-hybridized carbons (Fsp3) is 0.450. The van der Waals surface area contributed by atoms with Gasteiger partial charge in [-0.2, -0.15) is 5.06 Å². The number of halogens is 1. The summed E-state index contributed by atoms with van der Waals surface area (Å²) in [6, 6.07) is 9.64. The number of urea groups is 1. The molecule has 0 radical (unpaired) electrons. The van der Waals surface area contributed by atoms with Crippen LogP contribution in [0.5, 0.6) is 0 Å². The van der Waals surface area contributed by atoms with Crippen LogP contribution in [0.25, 0.3) is 0 Å². The molecular weight excluding hydrogens is 361 g/mol. The second-order valence-corrected chi connectivity index (χ2v) is 7.37. The molecule has 8 heteroatoms. The molecule has 0 bridgehead atoms. The van der Waals surface area contributed by atoms with Gasteiger partial charge in [0.1, 0.15) is 0 Å². The Hall–Kier alpha value is -2.74. The number of rotatable bonds is 2. The van der Waals surface area contributed by atoms with Gasteiger partial charge in [-0.1, -0.05) is 30.3 Å². The number of aromatic nitrogens is 2. The molecule has 2 aliphatic heterocycles. The van der Waals surface area contributed by atoms with Gasteiger partial charge in [0.05, 0.1) is 25.0 Å². The minimum absolute atomic E-state index is 0.0643. The number of anilines is 1. The predicted octanol–water partition coefficient (Wildman–Crippen LogP) is 3.01. The van der Waals surface area contributed by atoms with Crippen LogP contribution in [0.2, 0.25) is 0 Å². The average molecular weight is 385 g/mol. The van der Waals surface area contributed by atoms with Crippen LogP contribution in [0.15, 0.2) is 42.7 Å². The summed E-state index contributed by atoms with van der Waals surface area (Å²) >= 11 is 0. The molecule has 2 fully saturated rings. The molecule has 2 amide bonds. The third-order valence-corrected chi connectivity index (χ3v) is 5.31. The number of hydroxylamine groups is 2. The lowest BCUT2D eigenvalue weighted by Gasteiger charge is -2.45. The summed E-state index contributed by atoms with van der Waals surface area (Å²) in [5.41, 5.74) is 1.08. The van der Waals surface area contributed by atoms with Gasteiger partial charge >= 0.3 is 6.03 Å². The minimum atomic E-state index is -0.461. The van der Waals surface area contributed by atoms with Crippen LogP contribution < -0.4 is 4.90 Å². The smallest absolute Gasteiger partial charge is 0.337 e. The van der Waals surface area contributed by atoms with Gasteiger partial charge in [0, 0.05) is 31.6 Å². The van der Waals surface area contributed by atoms with Crippen molar-refractivity contribution in [2.75, 3.05) is 24.6 Å². The minimum Gasteiger partial charge on any atom is -0.337 e. The molecule has 0 saturated carbocycles. The summed E-state index contributed by atoms with van der Waals surface area (Å²) in [6.45, 7) is 5.67. The van der Waals surface area contributed by atoms with Crippen molar-refractivity contribution in [2.45, 2.75) is 38.4 Å². The van der Waals surface area contributed by atoms with Gasteiger partial charge in [-0.25, -0.2) is 19.2 Å². The largest absolute Gasteiger partial charge is 0.345 e. The molecule has 2 aliphatic rings. The molecule has 2 saturated heterocycles. The Balaban J connectivity index is 1.49. The van der Waals surface area contributed by atoms with Crippen molar-refractivity contribution in [1.29, 1.82) is 0 Å². The number of hydrogen-bond acceptors (Lipinski definition) is 5. The van der Waals surface area contributed by atoms with E-state index in [0.717, 1.165) is 24.4 Å². The maximum atomic E-state index is 13.3. The van der Waals surface area contributed by atoms with Crippen molar-refractivity contribution in [3.63, 3.8) is 0 Å². The summed E-state index contributed by atoms with van der Waals surface area (Å²) in [6.07, 6.45) is 3.11. The zero-order chi connectivity index (χ0) is 19.7. The monoisotopic (exact) mass is 385 g/mol. The number of carbonyl (C=O) groups is 1. The van der Waals surface area contributed by atoms with E-state index in [1.54, 1.807) is 0 Å². The summed E-state index contributed by atoms with van der Waals surface area (Å²) in [5.74, 6) is 0.0172. The van der Waals surface area contributed by atoms with Crippen LogP contribution >= 0.6 is 0 Å². The molecule has 1 aromatic carbocycles. The molecule has 0 N–H and O–H groups in total. The molecular formula is C20H24FN5O2. The van der Waals surface area contributed by atoms with Gasteiger partial charge in [-0.3, -0.25) is 4.84 Å². The molecule has 0 spiro atoms. The number of amides is 2. The third-order valence-electron chi connectivity index (χ3n) is 5.31. The highest BCUT2D eigenvalue weighted by Gasteiger charge is 2.40. The topological polar surface area (TPSA) is 61.8 Å². The van der Waals surface area contributed by atoms with Crippen LogP contribution in [0.3, 0.4) is 0 Å². The van der Waals surface area contributed by atoms with E-state index in [4.69, 9.17) is 4.84 Å². The van der Waals surface area contributed by atoms with E-state index < -0.39 is 5.82 Å². The fourth-order valence-corrected chi connectivity index (χ4v) is 4.08. The number of benzene rings is 1. The molecule has 28 heavy (non-hydrogen) atoms. The van der Waals surface area contributed by atoms with Gasteiger partial charge < -0.3 is 9.80 Å². The summed E-state index contributed by atoms with van der Waals surface area (Å²) < 4.78 is 13.1. The quantitative estimate of drug-likeness (QED) is 0.795. The van der Waals surface area contributed by atoms with Crippen LogP contribution in [0, 0.1) is 5.82 Å². The first kappa shape index (κ1) is 18.6. The normalized spacial score (nSPS) is 25.2. The van der Waals surface area contributed by atoms with Gasteiger partial charge in [0.2, 0.25) is 5.95 Å². The Labute approximate surface area is 163 Å². The van der Waals surface area contributed by atoms with E-state index in [2.05, 4.69) is 9.97 Å². The first-order valence-corrected chi connectivity index (χ1v) is 9.56. The number of carbonyl (C=O) groups excluding carboxylic acids is 1. The van der Waals surface area contributed by atoms with Crippen LogP contribution in [0.4, 0.5) is 15.1 Å². The number of hydrogen-bond donors (Lipinski definition) is 0. The highest BCUT2D eigenvalue weighted by atomic mass is 19.1. The second kappa shape index (κ2) is 7.71. The van der Waals surface area contributed by atoms with Crippen molar-refractivity contribution in [3.8, 4) is 0 Å². The molecule has 7 nitrogen and oxygen atoms in total. The van der Waals surface area contributed by atoms with Crippen molar-refractivity contribution in [1.82, 2.24) is 19.9 Å². The van der Waals surface area contributed by atoms with Gasteiger partial charge in [-0.15, -0.1) is 0 Å². The van der Waals surface area contributed by atoms with Crippen molar-refractivity contribution in [3.05, 3.63) is 54.1 Å². The Morgan fingerprint density at radius 3 is 2.39 bits per heavy atom. The van der Waals surface area contributed by atoms with Crippen molar-refractivity contribution in [2.24, 2.45) is 0 Å². The Kier molecular flexibility index (Phi) is 5.13. The fourth-order valence-electron chi connectivity index (χ4n) is 4.08. The van der Waals surface area contributed by atoms with E-state index >= 15 is 0 Å².